The van der Waals surface area contributed by atoms with Crippen LogP contribution in [0.4, 0.5) is 5.69 Å². The van der Waals surface area contributed by atoms with Crippen molar-refractivity contribution in [1.82, 2.24) is 0 Å². The number of rotatable bonds is 1. The van der Waals surface area contributed by atoms with E-state index in [4.69, 9.17) is 0 Å². The highest BCUT2D eigenvalue weighted by molar-refractivity contribution is 9.10. The van der Waals surface area contributed by atoms with E-state index >= 15 is 0 Å². The van der Waals surface area contributed by atoms with Gasteiger partial charge in [-0.2, -0.15) is 0 Å². The summed E-state index contributed by atoms with van der Waals surface area (Å²) in [4.78, 5) is 2.53. The van der Waals surface area contributed by atoms with E-state index in [1.54, 1.807) is 0 Å². The SMILES string of the molecule is Cc1cc(Br)ccc1N1CC2(CCC2)C1. The van der Waals surface area contributed by atoms with Crippen LogP contribution in [0.15, 0.2) is 22.7 Å². The van der Waals surface area contributed by atoms with Crippen LogP contribution in [0.3, 0.4) is 0 Å². The van der Waals surface area contributed by atoms with Gasteiger partial charge in [-0.1, -0.05) is 22.4 Å². The molecule has 0 aromatic heterocycles. The van der Waals surface area contributed by atoms with Crippen molar-refractivity contribution < 1.29 is 0 Å². The summed E-state index contributed by atoms with van der Waals surface area (Å²) < 4.78 is 1.18. The molecule has 15 heavy (non-hydrogen) atoms. The molecular weight excluding hydrogens is 250 g/mol. The minimum Gasteiger partial charge on any atom is -0.370 e. The van der Waals surface area contributed by atoms with E-state index in [1.807, 2.05) is 0 Å². The normalized spacial score (nSPS) is 22.4. The molecule has 0 unspecified atom stereocenters. The highest BCUT2D eigenvalue weighted by atomic mass is 79.9. The highest BCUT2D eigenvalue weighted by Gasteiger charge is 2.47. The fraction of sp³-hybridized carbons (Fsp3) is 0.538. The predicted molar refractivity (Wildman–Crippen MR) is 67.4 cm³/mol. The Labute approximate surface area is 99.6 Å². The Morgan fingerprint density at radius 2 is 2.00 bits per heavy atom. The molecular formula is C13H16BrN. The fourth-order valence-corrected chi connectivity index (χ4v) is 3.38. The minimum atomic E-state index is 0.722. The Morgan fingerprint density at radius 1 is 1.27 bits per heavy atom. The highest BCUT2D eigenvalue weighted by Crippen LogP contribution is 2.49. The molecule has 1 nitrogen and oxygen atoms in total. The van der Waals surface area contributed by atoms with Crippen LogP contribution in [0.2, 0.25) is 0 Å². The van der Waals surface area contributed by atoms with E-state index in [1.165, 1.54) is 48.1 Å². The zero-order valence-electron chi connectivity index (χ0n) is 9.09. The number of anilines is 1. The molecule has 1 aliphatic carbocycles. The van der Waals surface area contributed by atoms with Crippen molar-refractivity contribution in [1.29, 1.82) is 0 Å². The van der Waals surface area contributed by atoms with Gasteiger partial charge in [0.1, 0.15) is 0 Å². The summed E-state index contributed by atoms with van der Waals surface area (Å²) in [6, 6.07) is 6.60. The Bertz CT molecular complexity index is 388. The summed E-state index contributed by atoms with van der Waals surface area (Å²) in [5, 5.41) is 0. The maximum atomic E-state index is 3.51. The topological polar surface area (TPSA) is 3.24 Å². The van der Waals surface area contributed by atoms with Crippen LogP contribution in [0.25, 0.3) is 0 Å². The first-order chi connectivity index (χ1) is 7.19. The Balaban J connectivity index is 1.77. The lowest BCUT2D eigenvalue weighted by Gasteiger charge is -2.57. The van der Waals surface area contributed by atoms with Gasteiger partial charge in [0.05, 0.1) is 0 Å². The lowest BCUT2D eigenvalue weighted by Crippen LogP contribution is -2.60. The molecule has 0 bridgehead atoms. The van der Waals surface area contributed by atoms with Crippen LogP contribution in [0.1, 0.15) is 24.8 Å². The number of benzene rings is 1. The van der Waals surface area contributed by atoms with Crippen molar-refractivity contribution >= 4 is 21.6 Å². The number of aryl methyl sites for hydroxylation is 1. The molecule has 0 atom stereocenters. The van der Waals surface area contributed by atoms with Crippen LogP contribution < -0.4 is 4.90 Å². The standard InChI is InChI=1S/C13H16BrN/c1-10-7-11(14)3-4-12(10)15-8-13(9-15)5-2-6-13/h3-4,7H,2,5-6,8-9H2,1H3. The van der Waals surface area contributed by atoms with E-state index in [2.05, 4.69) is 46.0 Å². The van der Waals surface area contributed by atoms with Crippen molar-refractivity contribution in [3.05, 3.63) is 28.2 Å². The molecule has 1 aromatic rings. The second-order valence-electron chi connectivity index (χ2n) is 5.14. The van der Waals surface area contributed by atoms with Gasteiger partial charge in [-0.15, -0.1) is 0 Å². The van der Waals surface area contributed by atoms with Gasteiger partial charge >= 0.3 is 0 Å². The lowest BCUT2D eigenvalue weighted by molar-refractivity contribution is 0.0903. The third-order valence-electron chi connectivity index (χ3n) is 3.97. The Hall–Kier alpha value is -0.500. The summed E-state index contributed by atoms with van der Waals surface area (Å²) in [5.74, 6) is 0. The first-order valence-electron chi connectivity index (χ1n) is 5.70. The smallest absolute Gasteiger partial charge is 0.0397 e. The van der Waals surface area contributed by atoms with Gasteiger partial charge in [0.25, 0.3) is 0 Å². The molecule has 1 heterocycles. The van der Waals surface area contributed by atoms with Gasteiger partial charge < -0.3 is 4.90 Å². The largest absolute Gasteiger partial charge is 0.370 e. The maximum absolute atomic E-state index is 3.51. The summed E-state index contributed by atoms with van der Waals surface area (Å²) in [6.07, 6.45) is 4.37. The molecule has 0 amide bonds. The van der Waals surface area contributed by atoms with E-state index in [0.29, 0.717) is 0 Å². The van der Waals surface area contributed by atoms with Crippen molar-refractivity contribution in [2.24, 2.45) is 5.41 Å². The molecule has 0 N–H and O–H groups in total. The van der Waals surface area contributed by atoms with Crippen molar-refractivity contribution in [2.75, 3.05) is 18.0 Å². The van der Waals surface area contributed by atoms with E-state index < -0.39 is 0 Å². The van der Waals surface area contributed by atoms with Crippen LogP contribution in [0.5, 0.6) is 0 Å². The third-order valence-corrected chi connectivity index (χ3v) is 4.46. The van der Waals surface area contributed by atoms with Gasteiger partial charge in [0.15, 0.2) is 0 Å². The van der Waals surface area contributed by atoms with Gasteiger partial charge in [0, 0.05) is 28.7 Å². The molecule has 1 aliphatic heterocycles. The average Bonchev–Trinajstić information content (AvgIpc) is 2.03. The van der Waals surface area contributed by atoms with Gasteiger partial charge in [0.2, 0.25) is 0 Å². The zero-order valence-corrected chi connectivity index (χ0v) is 10.7. The second kappa shape index (κ2) is 3.24. The van der Waals surface area contributed by atoms with E-state index in [-0.39, 0.29) is 0 Å². The monoisotopic (exact) mass is 265 g/mol. The molecule has 1 saturated heterocycles. The second-order valence-corrected chi connectivity index (χ2v) is 6.06. The van der Waals surface area contributed by atoms with E-state index in [9.17, 15) is 0 Å². The molecule has 1 aromatic carbocycles. The molecule has 3 rings (SSSR count). The average molecular weight is 266 g/mol. The summed E-state index contributed by atoms with van der Waals surface area (Å²) in [7, 11) is 0. The van der Waals surface area contributed by atoms with Crippen LogP contribution in [0, 0.1) is 12.3 Å². The van der Waals surface area contributed by atoms with Crippen LogP contribution in [-0.4, -0.2) is 13.1 Å². The first-order valence-corrected chi connectivity index (χ1v) is 6.49. The van der Waals surface area contributed by atoms with Gasteiger partial charge in [-0.05, 0) is 43.5 Å². The lowest BCUT2D eigenvalue weighted by atomic mass is 9.63. The molecule has 2 heteroatoms. The van der Waals surface area contributed by atoms with Gasteiger partial charge in [-0.25, -0.2) is 0 Å². The maximum Gasteiger partial charge on any atom is 0.0397 e. The van der Waals surface area contributed by atoms with E-state index in [0.717, 1.165) is 5.41 Å². The Kier molecular flexibility index (Phi) is 2.10. The summed E-state index contributed by atoms with van der Waals surface area (Å²) in [6.45, 7) is 4.77. The first kappa shape index (κ1) is 9.71. The molecule has 0 radical (unpaired) electrons. The fourth-order valence-electron chi connectivity index (χ4n) is 2.90. The minimum absolute atomic E-state index is 0.722. The molecule has 1 spiro atoms. The van der Waals surface area contributed by atoms with Crippen molar-refractivity contribution in [3.63, 3.8) is 0 Å². The van der Waals surface area contributed by atoms with Gasteiger partial charge in [-0.3, -0.25) is 0 Å². The molecule has 1 saturated carbocycles. The quantitative estimate of drug-likeness (QED) is 0.748. The number of halogens is 1. The summed E-state index contributed by atoms with van der Waals surface area (Å²) >= 11 is 3.51. The molecule has 80 valence electrons. The number of nitrogens with zero attached hydrogens (tertiary/aromatic N) is 1. The number of hydrogen-bond donors (Lipinski definition) is 0. The molecule has 2 fully saturated rings. The summed E-state index contributed by atoms with van der Waals surface area (Å²) in [5.41, 5.74) is 3.54. The van der Waals surface area contributed by atoms with Crippen LogP contribution >= 0.6 is 15.9 Å². The van der Waals surface area contributed by atoms with Crippen molar-refractivity contribution in [2.45, 2.75) is 26.2 Å². The van der Waals surface area contributed by atoms with Crippen molar-refractivity contribution in [3.8, 4) is 0 Å². The predicted octanol–water partition coefficient (Wildman–Crippen LogP) is 3.75. The molecule has 2 aliphatic rings. The van der Waals surface area contributed by atoms with Crippen LogP contribution in [-0.2, 0) is 0 Å². The Morgan fingerprint density at radius 3 is 2.53 bits per heavy atom. The number of hydrogen-bond acceptors (Lipinski definition) is 1. The zero-order chi connectivity index (χ0) is 10.5. The third kappa shape index (κ3) is 1.50.